The second-order valence-corrected chi connectivity index (χ2v) is 9.15. The van der Waals surface area contributed by atoms with Gasteiger partial charge in [0.15, 0.2) is 5.60 Å². The molecule has 2 heterocycles. The van der Waals surface area contributed by atoms with Crippen LogP contribution in [0.25, 0.3) is 0 Å². The third-order valence-corrected chi connectivity index (χ3v) is 6.97. The first kappa shape index (κ1) is 24.9. The van der Waals surface area contributed by atoms with Gasteiger partial charge >= 0.3 is 0 Å². The van der Waals surface area contributed by atoms with Crippen molar-refractivity contribution >= 4 is 5.91 Å². The maximum Gasteiger partial charge on any atom is 0.259 e. The summed E-state index contributed by atoms with van der Waals surface area (Å²) >= 11 is 0. The van der Waals surface area contributed by atoms with E-state index in [1.165, 1.54) is 12.8 Å². The van der Waals surface area contributed by atoms with Crippen LogP contribution in [-0.4, -0.2) is 61.8 Å². The second kappa shape index (κ2) is 12.0. The van der Waals surface area contributed by atoms with Gasteiger partial charge in [-0.15, -0.1) is 0 Å². The molecule has 1 aromatic rings. The molecule has 0 radical (unpaired) electrons. The van der Waals surface area contributed by atoms with Crippen LogP contribution in [0.1, 0.15) is 64.5 Å². The number of carbonyl (C=O) groups excluding carboxylic acids is 1. The summed E-state index contributed by atoms with van der Waals surface area (Å²) in [5.74, 6) is 2.20. The molecule has 1 aromatic heterocycles. The third kappa shape index (κ3) is 6.00. The summed E-state index contributed by atoms with van der Waals surface area (Å²) < 4.78 is 22.6. The van der Waals surface area contributed by atoms with Crippen molar-refractivity contribution in [1.82, 2.24) is 9.88 Å². The molecule has 3 rings (SSSR count). The predicted octanol–water partition coefficient (Wildman–Crippen LogP) is 4.19. The summed E-state index contributed by atoms with van der Waals surface area (Å²) in [6.07, 6.45) is 10.1. The molecule has 0 bridgehead atoms. The zero-order valence-corrected chi connectivity index (χ0v) is 20.2. The fourth-order valence-corrected chi connectivity index (χ4v) is 4.71. The van der Waals surface area contributed by atoms with Gasteiger partial charge in [-0.2, -0.15) is 0 Å². The first-order valence-electron chi connectivity index (χ1n) is 12.1. The van der Waals surface area contributed by atoms with Crippen LogP contribution in [0.5, 0.6) is 5.75 Å². The van der Waals surface area contributed by atoms with Crippen LogP contribution in [-0.2, 0) is 25.4 Å². The van der Waals surface area contributed by atoms with Gasteiger partial charge in [0.2, 0.25) is 0 Å². The molecule has 1 amide bonds. The Bertz CT molecular complexity index is 722. The van der Waals surface area contributed by atoms with Crippen LogP contribution >= 0.6 is 0 Å². The molecular weight excluding hydrogens is 408 g/mol. The lowest BCUT2D eigenvalue weighted by molar-refractivity contribution is -0.234. The predicted molar refractivity (Wildman–Crippen MR) is 122 cm³/mol. The van der Waals surface area contributed by atoms with Gasteiger partial charge in [0.1, 0.15) is 19.3 Å². The average molecular weight is 449 g/mol. The average Bonchev–Trinajstić information content (AvgIpc) is 3.63. The third-order valence-electron chi connectivity index (χ3n) is 6.97. The van der Waals surface area contributed by atoms with E-state index in [4.69, 9.17) is 18.9 Å². The van der Waals surface area contributed by atoms with Crippen molar-refractivity contribution in [2.24, 2.45) is 11.8 Å². The quantitative estimate of drug-likeness (QED) is 0.279. The number of carbonyl (C=O) groups is 1. The minimum absolute atomic E-state index is 0.0611. The molecule has 2 atom stereocenters. The summed E-state index contributed by atoms with van der Waals surface area (Å²) in [6.45, 7) is 5.49. The number of β-lactam (4-membered cyclic amide) rings is 1. The number of pyridine rings is 1. The molecule has 2 unspecified atom stereocenters. The highest BCUT2D eigenvalue weighted by molar-refractivity contribution is 5.93. The molecule has 0 spiro atoms. The SMILES string of the molecule is CCC(CC)CCC1N(COC)C(=O)C1(Cc1cc(OCCC2CC2)ccn1)OCOC. The van der Waals surface area contributed by atoms with E-state index in [2.05, 4.69) is 18.8 Å². The standard InChI is InChI=1S/C25H40N2O5/c1-5-19(6-2)9-10-23-25(32-18-30-4,24(28)27(23)17-29-3)16-21-15-22(11-13-26-21)31-14-12-20-7-8-20/h11,13,15,19-20,23H,5-10,12,14,16-18H2,1-4H3. The van der Waals surface area contributed by atoms with E-state index in [0.29, 0.717) is 12.3 Å². The van der Waals surface area contributed by atoms with E-state index in [-0.39, 0.29) is 25.5 Å². The summed E-state index contributed by atoms with van der Waals surface area (Å²) in [6, 6.07) is 3.74. The molecule has 2 aliphatic rings. The lowest BCUT2D eigenvalue weighted by Gasteiger charge is -2.55. The second-order valence-electron chi connectivity index (χ2n) is 9.15. The molecule has 1 aliphatic heterocycles. The zero-order valence-electron chi connectivity index (χ0n) is 20.2. The van der Waals surface area contributed by atoms with E-state index in [1.807, 2.05) is 12.1 Å². The summed E-state index contributed by atoms with van der Waals surface area (Å²) in [5.41, 5.74) is -0.191. The van der Waals surface area contributed by atoms with Crippen LogP contribution in [0.2, 0.25) is 0 Å². The maximum absolute atomic E-state index is 13.3. The van der Waals surface area contributed by atoms with Crippen molar-refractivity contribution in [3.05, 3.63) is 24.0 Å². The van der Waals surface area contributed by atoms with E-state index in [0.717, 1.165) is 56.1 Å². The number of rotatable bonds is 16. The van der Waals surface area contributed by atoms with E-state index in [9.17, 15) is 4.79 Å². The molecule has 7 nitrogen and oxygen atoms in total. The minimum atomic E-state index is -0.986. The number of amides is 1. The largest absolute Gasteiger partial charge is 0.493 e. The summed E-state index contributed by atoms with van der Waals surface area (Å²) in [7, 11) is 3.20. The van der Waals surface area contributed by atoms with Gasteiger partial charge in [-0.05, 0) is 37.2 Å². The Labute approximate surface area is 192 Å². The van der Waals surface area contributed by atoms with Crippen molar-refractivity contribution in [3.8, 4) is 5.75 Å². The molecule has 2 fully saturated rings. The van der Waals surface area contributed by atoms with Gasteiger partial charge in [-0.25, -0.2) is 0 Å². The van der Waals surface area contributed by atoms with Crippen LogP contribution < -0.4 is 4.74 Å². The Balaban J connectivity index is 1.75. The monoisotopic (exact) mass is 448 g/mol. The van der Waals surface area contributed by atoms with Crippen molar-refractivity contribution in [2.45, 2.75) is 76.9 Å². The minimum Gasteiger partial charge on any atom is -0.493 e. The molecule has 1 aliphatic carbocycles. The summed E-state index contributed by atoms with van der Waals surface area (Å²) in [5, 5.41) is 0. The Morgan fingerprint density at radius 2 is 1.97 bits per heavy atom. The normalized spacial score (nSPS) is 23.0. The fourth-order valence-electron chi connectivity index (χ4n) is 4.71. The van der Waals surface area contributed by atoms with Crippen LogP contribution in [0.4, 0.5) is 0 Å². The van der Waals surface area contributed by atoms with Gasteiger partial charge < -0.3 is 23.8 Å². The Kier molecular flexibility index (Phi) is 9.32. The van der Waals surface area contributed by atoms with E-state index < -0.39 is 5.60 Å². The first-order valence-corrected chi connectivity index (χ1v) is 12.1. The van der Waals surface area contributed by atoms with E-state index >= 15 is 0 Å². The van der Waals surface area contributed by atoms with Gasteiger partial charge in [0.25, 0.3) is 5.91 Å². The zero-order chi connectivity index (χ0) is 23.0. The maximum atomic E-state index is 13.3. The molecule has 32 heavy (non-hydrogen) atoms. The van der Waals surface area contributed by atoms with Gasteiger partial charge in [0.05, 0.1) is 12.6 Å². The first-order chi connectivity index (χ1) is 15.6. The molecule has 0 N–H and O–H groups in total. The number of hydrogen-bond donors (Lipinski definition) is 0. The van der Waals surface area contributed by atoms with Crippen LogP contribution in [0.15, 0.2) is 18.3 Å². The molecule has 1 saturated heterocycles. The molecule has 180 valence electrons. The fraction of sp³-hybridized carbons (Fsp3) is 0.760. The Morgan fingerprint density at radius 1 is 1.19 bits per heavy atom. The molecule has 1 saturated carbocycles. The lowest BCUT2D eigenvalue weighted by Crippen LogP contribution is -2.76. The number of ether oxygens (including phenoxy) is 4. The van der Waals surface area contributed by atoms with Gasteiger partial charge in [-0.3, -0.25) is 9.78 Å². The van der Waals surface area contributed by atoms with Crippen molar-refractivity contribution < 1.29 is 23.7 Å². The number of aromatic nitrogens is 1. The van der Waals surface area contributed by atoms with Crippen molar-refractivity contribution in [1.29, 1.82) is 0 Å². The summed E-state index contributed by atoms with van der Waals surface area (Å²) in [4.78, 5) is 19.6. The molecule has 0 aromatic carbocycles. The number of hydrogen-bond acceptors (Lipinski definition) is 6. The Hall–Kier alpha value is -1.70. The lowest BCUT2D eigenvalue weighted by atomic mass is 9.75. The smallest absolute Gasteiger partial charge is 0.259 e. The van der Waals surface area contributed by atoms with Gasteiger partial charge in [-0.1, -0.05) is 39.5 Å². The Morgan fingerprint density at radius 3 is 2.62 bits per heavy atom. The van der Waals surface area contributed by atoms with Crippen molar-refractivity contribution in [3.63, 3.8) is 0 Å². The van der Waals surface area contributed by atoms with Crippen LogP contribution in [0, 0.1) is 11.8 Å². The number of likely N-dealkylation sites (tertiary alicyclic amines) is 1. The molecular formula is C25H40N2O5. The molecule has 7 heteroatoms. The highest BCUT2D eigenvalue weighted by atomic mass is 16.7. The van der Waals surface area contributed by atoms with Crippen molar-refractivity contribution in [2.75, 3.05) is 34.4 Å². The highest BCUT2D eigenvalue weighted by Crippen LogP contribution is 2.41. The van der Waals surface area contributed by atoms with Gasteiger partial charge in [0, 0.05) is 38.6 Å². The van der Waals surface area contributed by atoms with Crippen LogP contribution in [0.3, 0.4) is 0 Å². The number of nitrogens with zero attached hydrogens (tertiary/aromatic N) is 2. The van der Waals surface area contributed by atoms with E-state index in [1.54, 1.807) is 25.3 Å². The topological polar surface area (TPSA) is 70.1 Å². The highest BCUT2D eigenvalue weighted by Gasteiger charge is 2.61. The number of methoxy groups -OCH3 is 2.